The van der Waals surface area contributed by atoms with Crippen molar-refractivity contribution in [1.82, 2.24) is 10.6 Å². The highest BCUT2D eigenvalue weighted by Crippen LogP contribution is 2.21. The van der Waals surface area contributed by atoms with Crippen LogP contribution in [-0.2, 0) is 11.3 Å². The zero-order chi connectivity index (χ0) is 16.2. The molecule has 0 saturated carbocycles. The Labute approximate surface area is 132 Å². The van der Waals surface area contributed by atoms with Crippen molar-refractivity contribution in [2.45, 2.75) is 45.7 Å². The van der Waals surface area contributed by atoms with Gasteiger partial charge >= 0.3 is 0 Å². The number of nitrogens with one attached hydrogen (secondary N) is 2. The minimum atomic E-state index is -0.0260. The van der Waals surface area contributed by atoms with Crippen molar-refractivity contribution < 1.29 is 4.79 Å². The molecule has 2 rings (SSSR count). The maximum absolute atomic E-state index is 11.7. The molecule has 1 aromatic rings. The van der Waals surface area contributed by atoms with Crippen molar-refractivity contribution in [3.8, 4) is 0 Å². The molecule has 0 aromatic heterocycles. The molecule has 0 spiro atoms. The van der Waals surface area contributed by atoms with Crippen LogP contribution in [0.5, 0.6) is 0 Å². The van der Waals surface area contributed by atoms with Crippen molar-refractivity contribution in [2.24, 2.45) is 4.99 Å². The molecule has 1 aromatic carbocycles. The molecule has 1 aliphatic rings. The third-order valence-electron chi connectivity index (χ3n) is 3.50. The number of guanidine groups is 1. The first-order valence-corrected chi connectivity index (χ1v) is 7.77. The minimum absolute atomic E-state index is 0.0260. The van der Waals surface area contributed by atoms with E-state index in [1.165, 1.54) is 0 Å². The van der Waals surface area contributed by atoms with Gasteiger partial charge in [-0.1, -0.05) is 12.1 Å². The Balaban J connectivity index is 1.92. The van der Waals surface area contributed by atoms with E-state index in [1.807, 2.05) is 17.0 Å². The van der Waals surface area contributed by atoms with Crippen LogP contribution in [0.25, 0.3) is 0 Å². The molecule has 1 aliphatic heterocycles. The van der Waals surface area contributed by atoms with Crippen molar-refractivity contribution in [2.75, 3.05) is 18.5 Å². The highest BCUT2D eigenvalue weighted by Gasteiger charge is 2.21. The zero-order valence-corrected chi connectivity index (χ0v) is 13.9. The Hall–Kier alpha value is -2.04. The maximum Gasteiger partial charge on any atom is 0.227 e. The average Bonchev–Trinajstić information content (AvgIpc) is 2.89. The Morgan fingerprint density at radius 2 is 1.95 bits per heavy atom. The predicted octanol–water partition coefficient (Wildman–Crippen LogP) is 2.28. The normalized spacial score (nSPS) is 16.1. The lowest BCUT2D eigenvalue weighted by Crippen LogP contribution is -2.47. The highest BCUT2D eigenvalue weighted by molar-refractivity contribution is 5.95. The molecular formula is C17H26N4O. The highest BCUT2D eigenvalue weighted by atomic mass is 16.2. The van der Waals surface area contributed by atoms with Gasteiger partial charge in [-0.15, -0.1) is 0 Å². The van der Waals surface area contributed by atoms with Crippen LogP contribution in [0.1, 0.15) is 39.2 Å². The van der Waals surface area contributed by atoms with E-state index in [1.54, 1.807) is 7.05 Å². The van der Waals surface area contributed by atoms with Crippen molar-refractivity contribution in [3.05, 3.63) is 29.8 Å². The fourth-order valence-electron chi connectivity index (χ4n) is 2.44. The molecule has 1 fully saturated rings. The number of carbonyl (C=O) groups excluding carboxylic acids is 1. The van der Waals surface area contributed by atoms with Gasteiger partial charge in [-0.25, -0.2) is 0 Å². The van der Waals surface area contributed by atoms with Crippen LogP contribution in [0.4, 0.5) is 5.69 Å². The number of rotatable bonds is 3. The van der Waals surface area contributed by atoms with Gasteiger partial charge in [0.25, 0.3) is 0 Å². The topological polar surface area (TPSA) is 56.7 Å². The first kappa shape index (κ1) is 16.3. The smallest absolute Gasteiger partial charge is 0.227 e. The van der Waals surface area contributed by atoms with Gasteiger partial charge in [-0.3, -0.25) is 9.79 Å². The Morgan fingerprint density at radius 3 is 2.45 bits per heavy atom. The number of carbonyl (C=O) groups is 1. The van der Waals surface area contributed by atoms with Gasteiger partial charge in [0.1, 0.15) is 0 Å². The van der Waals surface area contributed by atoms with Gasteiger partial charge in [0.2, 0.25) is 5.91 Å². The van der Waals surface area contributed by atoms with E-state index in [-0.39, 0.29) is 11.4 Å². The molecule has 22 heavy (non-hydrogen) atoms. The molecule has 0 bridgehead atoms. The van der Waals surface area contributed by atoms with Crippen LogP contribution >= 0.6 is 0 Å². The fourth-order valence-corrected chi connectivity index (χ4v) is 2.44. The SMILES string of the molecule is CN=C(NCc1ccc(N2CCCC2=O)cc1)NC(C)(C)C. The molecule has 0 atom stereocenters. The first-order valence-electron chi connectivity index (χ1n) is 7.77. The second-order valence-corrected chi connectivity index (χ2v) is 6.62. The monoisotopic (exact) mass is 302 g/mol. The van der Waals surface area contributed by atoms with E-state index in [2.05, 4.69) is 48.5 Å². The Morgan fingerprint density at radius 1 is 1.27 bits per heavy atom. The number of hydrogen-bond acceptors (Lipinski definition) is 2. The third-order valence-corrected chi connectivity index (χ3v) is 3.50. The van der Waals surface area contributed by atoms with Crippen LogP contribution in [0, 0.1) is 0 Å². The number of anilines is 1. The summed E-state index contributed by atoms with van der Waals surface area (Å²) in [7, 11) is 1.77. The van der Waals surface area contributed by atoms with Gasteiger partial charge in [-0.05, 0) is 44.9 Å². The molecule has 1 heterocycles. The number of nitrogens with zero attached hydrogens (tertiary/aromatic N) is 2. The van der Waals surface area contributed by atoms with Gasteiger partial charge in [0.15, 0.2) is 5.96 Å². The summed E-state index contributed by atoms with van der Waals surface area (Å²) in [5.41, 5.74) is 2.12. The molecule has 5 heteroatoms. The second-order valence-electron chi connectivity index (χ2n) is 6.62. The molecule has 1 amide bonds. The quantitative estimate of drug-likeness (QED) is 0.665. The minimum Gasteiger partial charge on any atom is -0.352 e. The van der Waals surface area contributed by atoms with Crippen LogP contribution in [0.2, 0.25) is 0 Å². The molecular weight excluding hydrogens is 276 g/mol. The summed E-state index contributed by atoms with van der Waals surface area (Å²) in [5, 5.41) is 6.62. The van der Waals surface area contributed by atoms with Gasteiger partial charge in [0, 0.05) is 37.8 Å². The predicted molar refractivity (Wildman–Crippen MR) is 91.1 cm³/mol. The molecule has 5 nitrogen and oxygen atoms in total. The lowest BCUT2D eigenvalue weighted by Gasteiger charge is -2.23. The van der Waals surface area contributed by atoms with E-state index in [9.17, 15) is 4.79 Å². The molecule has 1 saturated heterocycles. The lowest BCUT2D eigenvalue weighted by atomic mass is 10.1. The molecule has 0 unspecified atom stereocenters. The summed E-state index contributed by atoms with van der Waals surface area (Å²) >= 11 is 0. The number of benzene rings is 1. The van der Waals surface area contributed by atoms with Crippen molar-refractivity contribution >= 4 is 17.6 Å². The zero-order valence-electron chi connectivity index (χ0n) is 13.9. The summed E-state index contributed by atoms with van der Waals surface area (Å²) in [6.45, 7) is 7.83. The summed E-state index contributed by atoms with van der Waals surface area (Å²) in [6.07, 6.45) is 1.62. The standard InChI is InChI=1S/C17H26N4O/c1-17(2,3)20-16(18-4)19-12-13-7-9-14(10-8-13)21-11-5-6-15(21)22/h7-10H,5-6,11-12H2,1-4H3,(H2,18,19,20). The summed E-state index contributed by atoms with van der Waals surface area (Å²) in [4.78, 5) is 17.8. The van der Waals surface area contributed by atoms with E-state index < -0.39 is 0 Å². The van der Waals surface area contributed by atoms with E-state index in [0.29, 0.717) is 13.0 Å². The Kier molecular flexibility index (Phi) is 5.06. The number of hydrogen-bond donors (Lipinski definition) is 2. The lowest BCUT2D eigenvalue weighted by molar-refractivity contribution is -0.117. The largest absolute Gasteiger partial charge is 0.352 e. The van der Waals surface area contributed by atoms with Crippen molar-refractivity contribution in [3.63, 3.8) is 0 Å². The first-order chi connectivity index (χ1) is 10.4. The van der Waals surface area contributed by atoms with E-state index >= 15 is 0 Å². The fraction of sp³-hybridized carbons (Fsp3) is 0.529. The van der Waals surface area contributed by atoms with Crippen LogP contribution in [0.15, 0.2) is 29.3 Å². The molecule has 0 aliphatic carbocycles. The van der Waals surface area contributed by atoms with E-state index in [4.69, 9.17) is 0 Å². The van der Waals surface area contributed by atoms with Gasteiger partial charge < -0.3 is 15.5 Å². The summed E-state index contributed by atoms with van der Waals surface area (Å²) < 4.78 is 0. The Bertz CT molecular complexity index is 543. The average molecular weight is 302 g/mol. The number of aliphatic imine (C=N–C) groups is 1. The third kappa shape index (κ3) is 4.48. The molecule has 2 N–H and O–H groups in total. The molecule has 120 valence electrons. The van der Waals surface area contributed by atoms with Gasteiger partial charge in [0.05, 0.1) is 0 Å². The van der Waals surface area contributed by atoms with Crippen LogP contribution in [-0.4, -0.2) is 31.0 Å². The van der Waals surface area contributed by atoms with Gasteiger partial charge in [-0.2, -0.15) is 0 Å². The van der Waals surface area contributed by atoms with Crippen molar-refractivity contribution in [1.29, 1.82) is 0 Å². The summed E-state index contributed by atoms with van der Waals surface area (Å²) in [6, 6.07) is 8.14. The maximum atomic E-state index is 11.7. The van der Waals surface area contributed by atoms with E-state index in [0.717, 1.165) is 30.2 Å². The van der Waals surface area contributed by atoms with Crippen LogP contribution in [0.3, 0.4) is 0 Å². The second kappa shape index (κ2) is 6.81. The number of amides is 1. The summed E-state index contributed by atoms with van der Waals surface area (Å²) in [5.74, 6) is 1.01. The van der Waals surface area contributed by atoms with Crippen LogP contribution < -0.4 is 15.5 Å². The molecule has 0 radical (unpaired) electrons.